The Balaban J connectivity index is 1.78. The summed E-state index contributed by atoms with van der Waals surface area (Å²) in [5, 5.41) is 12.9. The van der Waals surface area contributed by atoms with Gasteiger partial charge in [0.25, 0.3) is 23.4 Å². The Kier molecular flexibility index (Phi) is 7.70. The lowest BCUT2D eigenvalue weighted by Gasteiger charge is -2.36. The van der Waals surface area contributed by atoms with Gasteiger partial charge in [-0.25, -0.2) is 5.01 Å². The number of fused-ring (bicyclic) bond motifs is 1. The molecule has 2 fully saturated rings. The maximum Gasteiger partial charge on any atom is 0.273 e. The van der Waals surface area contributed by atoms with Crippen LogP contribution < -0.4 is 0 Å². The average molecular weight is 621 g/mol. The van der Waals surface area contributed by atoms with Crippen LogP contribution in [0.25, 0.3) is 0 Å². The second kappa shape index (κ2) is 10.6. The lowest BCUT2D eigenvalue weighted by Crippen LogP contribution is -2.57. The van der Waals surface area contributed by atoms with E-state index in [1.54, 1.807) is 37.3 Å². The van der Waals surface area contributed by atoms with E-state index in [4.69, 9.17) is 0 Å². The van der Waals surface area contributed by atoms with Crippen molar-refractivity contribution in [2.75, 3.05) is 0 Å². The topological polar surface area (TPSA) is 118 Å². The number of carbonyl (C=O) groups excluding carboxylic acids is 4. The van der Waals surface area contributed by atoms with Crippen molar-refractivity contribution in [1.29, 1.82) is 0 Å². The molecule has 4 rings (SSSR count). The Morgan fingerprint density at radius 1 is 0.972 bits per heavy atom. The molecule has 0 spiro atoms. The van der Waals surface area contributed by atoms with Crippen LogP contribution in [0.15, 0.2) is 54.6 Å². The second-order valence-corrected chi connectivity index (χ2v) is 11.2. The van der Waals surface area contributed by atoms with Gasteiger partial charge in [-0.05, 0) is 31.4 Å². The van der Waals surface area contributed by atoms with Gasteiger partial charge >= 0.3 is 0 Å². The summed E-state index contributed by atoms with van der Waals surface area (Å²) in [5.74, 6) is -3.46. The Labute approximate surface area is 224 Å². The highest BCUT2D eigenvalue weighted by Gasteiger charge is 2.56. The Bertz CT molecular complexity index is 1180. The molecule has 0 unspecified atom stereocenters. The number of hydrogen-bond donors (Lipinski definition) is 0. The number of nitro benzene ring substituents is 1. The van der Waals surface area contributed by atoms with Gasteiger partial charge in [-0.1, -0.05) is 69.1 Å². The predicted octanol–water partition coefficient (Wildman–Crippen LogP) is 4.54. The van der Waals surface area contributed by atoms with Crippen molar-refractivity contribution in [2.24, 2.45) is 11.8 Å². The van der Waals surface area contributed by atoms with Crippen LogP contribution in [-0.2, 0) is 9.59 Å². The number of amides is 3. The number of hydrogen-bond acceptors (Lipinski definition) is 6. The summed E-state index contributed by atoms with van der Waals surface area (Å²) in [6.45, 7) is 1.70. The summed E-state index contributed by atoms with van der Waals surface area (Å²) in [4.78, 5) is 64.9. The molecule has 0 N–H and O–H groups in total. The van der Waals surface area contributed by atoms with Crippen LogP contribution in [0.2, 0.25) is 0 Å². The summed E-state index contributed by atoms with van der Waals surface area (Å²) >= 11 is 7.11. The minimum atomic E-state index is -1.14. The molecule has 1 aliphatic heterocycles. The van der Waals surface area contributed by atoms with E-state index in [1.165, 1.54) is 24.3 Å². The standard InChI is InChI=1S/C25H23Br2N3O6/c1-2-21(22(31)14-6-4-3-5-7-14)28(23(32)15-8-10-16(11-9-15)30(35)36)29-24(33)17-12-19(26)20(27)13-18(17)25(29)34/h3-11,17-21H,2,12-13H2,1H3/t17-,18-,19-,20+,21-/m1/s1. The van der Waals surface area contributed by atoms with E-state index in [1.807, 2.05) is 0 Å². The molecule has 1 saturated heterocycles. The van der Waals surface area contributed by atoms with Crippen molar-refractivity contribution in [2.45, 2.75) is 41.9 Å². The fourth-order valence-corrected chi connectivity index (χ4v) is 6.02. The third-order valence-corrected chi connectivity index (χ3v) is 9.41. The fraction of sp³-hybridized carbons (Fsp3) is 0.360. The molecule has 2 aromatic rings. The maximum atomic E-state index is 13.8. The zero-order valence-corrected chi connectivity index (χ0v) is 22.4. The number of imide groups is 1. The first-order chi connectivity index (χ1) is 17.1. The number of benzene rings is 2. The Hall–Kier alpha value is -2.92. The SMILES string of the molecule is CC[C@H](C(=O)c1ccccc1)N(C(=O)c1ccc([N+](=O)[O-])cc1)N1C(=O)[C@@H]2C[C@@H](Br)[C@@H](Br)C[C@H]2C1=O. The summed E-state index contributed by atoms with van der Waals surface area (Å²) < 4.78 is 0. The van der Waals surface area contributed by atoms with Crippen LogP contribution in [0.5, 0.6) is 0 Å². The van der Waals surface area contributed by atoms with E-state index < -0.39 is 46.3 Å². The normalized spacial score (nSPS) is 24.2. The zero-order chi connectivity index (χ0) is 26.1. The molecule has 188 valence electrons. The predicted molar refractivity (Wildman–Crippen MR) is 138 cm³/mol. The molecule has 0 radical (unpaired) electrons. The first-order valence-electron chi connectivity index (χ1n) is 11.5. The van der Waals surface area contributed by atoms with E-state index in [0.717, 1.165) is 10.0 Å². The molecule has 2 aliphatic rings. The highest BCUT2D eigenvalue weighted by atomic mass is 79.9. The molecule has 1 aliphatic carbocycles. The van der Waals surface area contributed by atoms with Gasteiger partial charge in [-0.15, -0.1) is 0 Å². The fourth-order valence-electron chi connectivity index (χ4n) is 4.78. The van der Waals surface area contributed by atoms with Crippen molar-refractivity contribution in [3.63, 3.8) is 0 Å². The number of hydrazine groups is 1. The van der Waals surface area contributed by atoms with Crippen LogP contribution >= 0.6 is 31.9 Å². The molecular weight excluding hydrogens is 598 g/mol. The molecule has 11 heteroatoms. The summed E-state index contributed by atoms with van der Waals surface area (Å²) in [5.41, 5.74) is 0.145. The van der Waals surface area contributed by atoms with Crippen LogP contribution in [0.3, 0.4) is 0 Å². The van der Waals surface area contributed by atoms with Gasteiger partial charge in [0, 0.05) is 32.9 Å². The highest BCUT2D eigenvalue weighted by Crippen LogP contribution is 2.44. The van der Waals surface area contributed by atoms with E-state index in [9.17, 15) is 29.3 Å². The molecule has 2 aromatic carbocycles. The van der Waals surface area contributed by atoms with Crippen molar-refractivity contribution in [1.82, 2.24) is 10.0 Å². The first-order valence-corrected chi connectivity index (χ1v) is 13.3. The molecule has 1 saturated carbocycles. The van der Waals surface area contributed by atoms with Gasteiger partial charge in [0.15, 0.2) is 5.78 Å². The molecule has 5 atom stereocenters. The number of nitro groups is 1. The number of nitrogens with zero attached hydrogens (tertiary/aromatic N) is 3. The van der Waals surface area contributed by atoms with E-state index in [0.29, 0.717) is 18.4 Å². The maximum absolute atomic E-state index is 13.8. The summed E-state index contributed by atoms with van der Waals surface area (Å²) in [7, 11) is 0. The minimum absolute atomic E-state index is 0.0205. The zero-order valence-electron chi connectivity index (χ0n) is 19.3. The lowest BCUT2D eigenvalue weighted by atomic mass is 9.81. The monoisotopic (exact) mass is 619 g/mol. The number of alkyl halides is 2. The van der Waals surface area contributed by atoms with Gasteiger partial charge in [-0.2, -0.15) is 5.01 Å². The quantitative estimate of drug-likeness (QED) is 0.147. The van der Waals surface area contributed by atoms with Gasteiger partial charge in [-0.3, -0.25) is 29.3 Å². The van der Waals surface area contributed by atoms with Crippen molar-refractivity contribution >= 4 is 61.1 Å². The van der Waals surface area contributed by atoms with E-state index in [-0.39, 0.29) is 27.3 Å². The van der Waals surface area contributed by atoms with E-state index >= 15 is 0 Å². The van der Waals surface area contributed by atoms with Crippen molar-refractivity contribution < 1.29 is 24.1 Å². The molecule has 3 amide bonds. The molecule has 1 heterocycles. The third-order valence-electron chi connectivity index (χ3n) is 6.68. The third kappa shape index (κ3) is 4.73. The van der Waals surface area contributed by atoms with Gasteiger partial charge < -0.3 is 0 Å². The number of non-ortho nitro benzene ring substituents is 1. The van der Waals surface area contributed by atoms with E-state index in [2.05, 4.69) is 31.9 Å². The van der Waals surface area contributed by atoms with Crippen LogP contribution in [-0.4, -0.2) is 54.1 Å². The second-order valence-electron chi connectivity index (χ2n) is 8.81. The largest absolute Gasteiger partial charge is 0.292 e. The van der Waals surface area contributed by atoms with Gasteiger partial charge in [0.1, 0.15) is 6.04 Å². The number of rotatable bonds is 7. The number of ketones is 1. The average Bonchev–Trinajstić information content (AvgIpc) is 3.11. The van der Waals surface area contributed by atoms with Gasteiger partial charge in [0.2, 0.25) is 0 Å². The minimum Gasteiger partial charge on any atom is -0.292 e. The Morgan fingerprint density at radius 2 is 1.50 bits per heavy atom. The molecule has 0 aromatic heterocycles. The summed E-state index contributed by atoms with van der Waals surface area (Å²) in [6.07, 6.45) is 0.955. The molecular formula is C25H23Br2N3O6. The van der Waals surface area contributed by atoms with Crippen LogP contribution in [0.1, 0.15) is 46.9 Å². The molecule has 9 nitrogen and oxygen atoms in total. The van der Waals surface area contributed by atoms with Gasteiger partial charge in [0.05, 0.1) is 16.8 Å². The van der Waals surface area contributed by atoms with Crippen molar-refractivity contribution in [3.8, 4) is 0 Å². The Morgan fingerprint density at radius 3 is 1.97 bits per heavy atom. The smallest absolute Gasteiger partial charge is 0.273 e. The number of carbonyl (C=O) groups is 4. The van der Waals surface area contributed by atoms with Crippen LogP contribution in [0, 0.1) is 22.0 Å². The summed E-state index contributed by atoms with van der Waals surface area (Å²) in [6, 6.07) is 12.1. The molecule has 0 bridgehead atoms. The number of halogens is 2. The lowest BCUT2D eigenvalue weighted by molar-refractivity contribution is -0.384. The highest BCUT2D eigenvalue weighted by molar-refractivity contribution is 9.12. The van der Waals surface area contributed by atoms with Crippen LogP contribution in [0.4, 0.5) is 5.69 Å². The first kappa shape index (κ1) is 26.2. The molecule has 36 heavy (non-hydrogen) atoms. The van der Waals surface area contributed by atoms with Crippen molar-refractivity contribution in [3.05, 3.63) is 75.8 Å². The number of Topliss-reactive ketones (excluding diaryl/α,β-unsaturated/α-hetero) is 1.